The van der Waals surface area contributed by atoms with Gasteiger partial charge in [-0.05, 0) is 25.3 Å². The third-order valence-electron chi connectivity index (χ3n) is 3.35. The molecule has 5 heteroatoms. The SMILES string of the molecule is NCC1CCN(C(=O)C2CSCCS2)CC1. The number of amides is 1. The Kier molecular flexibility index (Phi) is 4.85. The third-order valence-corrected chi connectivity index (χ3v) is 6.09. The zero-order chi connectivity index (χ0) is 11.4. The molecule has 0 aromatic carbocycles. The first-order valence-corrected chi connectivity index (χ1v) is 8.20. The summed E-state index contributed by atoms with van der Waals surface area (Å²) in [6.45, 7) is 2.61. The summed E-state index contributed by atoms with van der Waals surface area (Å²) in [6, 6.07) is 0. The van der Waals surface area contributed by atoms with E-state index >= 15 is 0 Å². The summed E-state index contributed by atoms with van der Waals surface area (Å²) >= 11 is 3.75. The van der Waals surface area contributed by atoms with Crippen molar-refractivity contribution >= 4 is 29.4 Å². The van der Waals surface area contributed by atoms with Gasteiger partial charge < -0.3 is 10.6 Å². The molecule has 92 valence electrons. The van der Waals surface area contributed by atoms with E-state index in [2.05, 4.69) is 4.90 Å². The summed E-state index contributed by atoms with van der Waals surface area (Å²) in [5.74, 6) is 4.33. The molecule has 1 atom stereocenters. The molecule has 2 N–H and O–H groups in total. The Hall–Kier alpha value is 0.130. The molecule has 0 aromatic rings. The minimum Gasteiger partial charge on any atom is -0.342 e. The molecule has 2 aliphatic rings. The van der Waals surface area contributed by atoms with E-state index in [0.717, 1.165) is 44.0 Å². The quantitative estimate of drug-likeness (QED) is 0.805. The lowest BCUT2D eigenvalue weighted by molar-refractivity contribution is -0.131. The Morgan fingerprint density at radius 2 is 2.06 bits per heavy atom. The van der Waals surface area contributed by atoms with Crippen molar-refractivity contribution < 1.29 is 4.79 Å². The lowest BCUT2D eigenvalue weighted by Crippen LogP contribution is -2.45. The van der Waals surface area contributed by atoms with Gasteiger partial charge >= 0.3 is 0 Å². The molecular weight excluding hydrogens is 240 g/mol. The van der Waals surface area contributed by atoms with Crippen molar-refractivity contribution in [1.82, 2.24) is 4.90 Å². The predicted molar refractivity (Wildman–Crippen MR) is 71.9 cm³/mol. The Morgan fingerprint density at radius 3 is 2.62 bits per heavy atom. The first-order chi connectivity index (χ1) is 7.81. The Labute approximate surface area is 106 Å². The second kappa shape index (κ2) is 6.17. The molecule has 16 heavy (non-hydrogen) atoms. The van der Waals surface area contributed by atoms with Gasteiger partial charge in [-0.1, -0.05) is 0 Å². The van der Waals surface area contributed by atoms with E-state index < -0.39 is 0 Å². The first-order valence-electron chi connectivity index (χ1n) is 5.99. The second-order valence-corrected chi connectivity index (χ2v) is 6.90. The summed E-state index contributed by atoms with van der Waals surface area (Å²) in [5.41, 5.74) is 5.66. The van der Waals surface area contributed by atoms with Gasteiger partial charge in [-0.3, -0.25) is 4.79 Å². The molecule has 1 amide bonds. The van der Waals surface area contributed by atoms with Gasteiger partial charge in [0.2, 0.25) is 5.91 Å². The number of nitrogens with zero attached hydrogens (tertiary/aromatic N) is 1. The van der Waals surface area contributed by atoms with Gasteiger partial charge in [-0.25, -0.2) is 0 Å². The maximum Gasteiger partial charge on any atom is 0.236 e. The predicted octanol–water partition coefficient (Wildman–Crippen LogP) is 1.03. The largest absolute Gasteiger partial charge is 0.342 e. The molecule has 0 bridgehead atoms. The van der Waals surface area contributed by atoms with E-state index in [9.17, 15) is 4.79 Å². The standard InChI is InChI=1S/C11H20N2OS2/c12-7-9-1-3-13(4-2-9)11(14)10-8-15-5-6-16-10/h9-10H,1-8,12H2. The highest BCUT2D eigenvalue weighted by Gasteiger charge is 2.29. The van der Waals surface area contributed by atoms with E-state index in [1.807, 2.05) is 23.5 Å². The molecule has 0 aromatic heterocycles. The van der Waals surface area contributed by atoms with Gasteiger partial charge in [0.15, 0.2) is 0 Å². The number of carbonyl (C=O) groups is 1. The molecular formula is C11H20N2OS2. The molecule has 2 aliphatic heterocycles. The van der Waals surface area contributed by atoms with Crippen LogP contribution in [0.25, 0.3) is 0 Å². The topological polar surface area (TPSA) is 46.3 Å². The van der Waals surface area contributed by atoms with Crippen LogP contribution in [0, 0.1) is 5.92 Å². The van der Waals surface area contributed by atoms with E-state index in [1.165, 1.54) is 5.75 Å². The van der Waals surface area contributed by atoms with Crippen molar-refractivity contribution in [2.45, 2.75) is 18.1 Å². The molecule has 2 fully saturated rings. The fourth-order valence-corrected chi connectivity index (χ4v) is 4.85. The van der Waals surface area contributed by atoms with Crippen molar-refractivity contribution in [3.8, 4) is 0 Å². The molecule has 0 radical (unpaired) electrons. The smallest absolute Gasteiger partial charge is 0.236 e. The van der Waals surface area contributed by atoms with Crippen molar-refractivity contribution in [3.63, 3.8) is 0 Å². The summed E-state index contributed by atoms with van der Waals surface area (Å²) in [7, 11) is 0. The van der Waals surface area contributed by atoms with Gasteiger partial charge in [0, 0.05) is 30.3 Å². The molecule has 2 rings (SSSR count). The molecule has 2 heterocycles. The van der Waals surface area contributed by atoms with E-state index in [0.29, 0.717) is 11.8 Å². The van der Waals surface area contributed by atoms with Crippen LogP contribution in [0.5, 0.6) is 0 Å². The van der Waals surface area contributed by atoms with Crippen LogP contribution in [0.15, 0.2) is 0 Å². The zero-order valence-corrected chi connectivity index (χ0v) is 11.2. The van der Waals surface area contributed by atoms with Crippen LogP contribution < -0.4 is 5.73 Å². The molecule has 1 unspecified atom stereocenters. The maximum absolute atomic E-state index is 12.2. The van der Waals surface area contributed by atoms with Crippen molar-refractivity contribution in [2.24, 2.45) is 11.7 Å². The highest BCUT2D eigenvalue weighted by Crippen LogP contribution is 2.27. The highest BCUT2D eigenvalue weighted by atomic mass is 32.2. The van der Waals surface area contributed by atoms with E-state index in [-0.39, 0.29) is 5.25 Å². The average Bonchev–Trinajstić information content (AvgIpc) is 2.39. The first kappa shape index (κ1) is 12.6. The lowest BCUT2D eigenvalue weighted by atomic mass is 9.97. The number of rotatable bonds is 2. The number of likely N-dealkylation sites (tertiary alicyclic amines) is 1. The van der Waals surface area contributed by atoms with Crippen LogP contribution in [0.1, 0.15) is 12.8 Å². The van der Waals surface area contributed by atoms with E-state index in [4.69, 9.17) is 5.73 Å². The van der Waals surface area contributed by atoms with Crippen LogP contribution in [-0.2, 0) is 4.79 Å². The van der Waals surface area contributed by atoms with Crippen LogP contribution in [-0.4, -0.2) is 52.9 Å². The number of piperidine rings is 1. The number of carbonyl (C=O) groups excluding carboxylic acids is 1. The van der Waals surface area contributed by atoms with E-state index in [1.54, 1.807) is 0 Å². The number of nitrogens with two attached hydrogens (primary N) is 1. The minimum absolute atomic E-state index is 0.216. The van der Waals surface area contributed by atoms with Gasteiger partial charge in [-0.2, -0.15) is 11.8 Å². The average molecular weight is 260 g/mol. The number of hydrogen-bond acceptors (Lipinski definition) is 4. The Morgan fingerprint density at radius 1 is 1.31 bits per heavy atom. The molecule has 0 aliphatic carbocycles. The normalized spacial score (nSPS) is 28.1. The minimum atomic E-state index is 0.216. The Bertz CT molecular complexity index is 236. The summed E-state index contributed by atoms with van der Waals surface area (Å²) in [4.78, 5) is 14.3. The molecule has 2 saturated heterocycles. The van der Waals surface area contributed by atoms with Gasteiger partial charge in [0.25, 0.3) is 0 Å². The summed E-state index contributed by atoms with van der Waals surface area (Å²) < 4.78 is 0. The van der Waals surface area contributed by atoms with Crippen LogP contribution in [0.3, 0.4) is 0 Å². The molecule has 3 nitrogen and oxygen atoms in total. The van der Waals surface area contributed by atoms with Crippen molar-refractivity contribution in [3.05, 3.63) is 0 Å². The second-order valence-electron chi connectivity index (χ2n) is 4.44. The monoisotopic (exact) mass is 260 g/mol. The number of hydrogen-bond donors (Lipinski definition) is 1. The van der Waals surface area contributed by atoms with Crippen LogP contribution in [0.2, 0.25) is 0 Å². The van der Waals surface area contributed by atoms with Crippen LogP contribution >= 0.6 is 23.5 Å². The summed E-state index contributed by atoms with van der Waals surface area (Å²) in [6.07, 6.45) is 2.18. The lowest BCUT2D eigenvalue weighted by Gasteiger charge is -2.34. The van der Waals surface area contributed by atoms with Gasteiger partial charge in [-0.15, -0.1) is 11.8 Å². The van der Waals surface area contributed by atoms with Crippen molar-refractivity contribution in [2.75, 3.05) is 36.9 Å². The van der Waals surface area contributed by atoms with Gasteiger partial charge in [0.1, 0.15) is 0 Å². The number of thioether (sulfide) groups is 2. The zero-order valence-electron chi connectivity index (χ0n) is 9.56. The Balaban J connectivity index is 1.81. The fourth-order valence-electron chi connectivity index (χ4n) is 2.22. The molecule has 0 spiro atoms. The summed E-state index contributed by atoms with van der Waals surface area (Å²) in [5, 5.41) is 0.216. The fraction of sp³-hybridized carbons (Fsp3) is 0.909. The molecule has 0 saturated carbocycles. The van der Waals surface area contributed by atoms with Crippen LogP contribution in [0.4, 0.5) is 0 Å². The maximum atomic E-state index is 12.2. The van der Waals surface area contributed by atoms with Gasteiger partial charge in [0.05, 0.1) is 5.25 Å². The van der Waals surface area contributed by atoms with Crippen molar-refractivity contribution in [1.29, 1.82) is 0 Å². The third kappa shape index (κ3) is 3.08. The highest BCUT2D eigenvalue weighted by molar-refractivity contribution is 8.07.